The van der Waals surface area contributed by atoms with Crippen LogP contribution in [-0.4, -0.2) is 28.2 Å². The van der Waals surface area contributed by atoms with Crippen LogP contribution in [0.15, 0.2) is 6.07 Å². The molecule has 0 radical (unpaired) electrons. The fraction of sp³-hybridized carbons (Fsp3) is 0.667. The van der Waals surface area contributed by atoms with E-state index in [1.165, 1.54) is 0 Å². The molecule has 0 unspecified atom stereocenters. The van der Waals surface area contributed by atoms with Gasteiger partial charge in [-0.25, -0.2) is 0 Å². The Hall–Kier alpha value is -1.07. The molecule has 0 atom stereocenters. The molecule has 1 amide bonds. The zero-order chi connectivity index (χ0) is 13.3. The zero-order valence-corrected chi connectivity index (χ0v) is 12.4. The first kappa shape index (κ1) is 16.9. The molecule has 1 aromatic heterocycles. The van der Waals surface area contributed by atoms with E-state index in [9.17, 15) is 4.79 Å². The predicted octanol–water partition coefficient (Wildman–Crippen LogP) is 1.60. The zero-order valence-electron chi connectivity index (χ0n) is 11.6. The van der Waals surface area contributed by atoms with Gasteiger partial charge in [-0.3, -0.25) is 9.89 Å². The van der Waals surface area contributed by atoms with Crippen LogP contribution in [0.2, 0.25) is 0 Å². The Morgan fingerprint density at radius 1 is 1.39 bits per heavy atom. The molecule has 0 saturated carbocycles. The van der Waals surface area contributed by atoms with Gasteiger partial charge in [0.05, 0.1) is 0 Å². The third kappa shape index (κ3) is 5.06. The SMILES string of the molecule is CC(C)(N)CNC(=O)c1cc(C(C)(C)C)[nH]n1.Cl. The molecular formula is C12H23ClN4O. The minimum Gasteiger partial charge on any atom is -0.349 e. The summed E-state index contributed by atoms with van der Waals surface area (Å²) in [5.74, 6) is -0.199. The first-order valence-corrected chi connectivity index (χ1v) is 5.72. The summed E-state index contributed by atoms with van der Waals surface area (Å²) in [6, 6.07) is 1.78. The molecule has 0 aromatic carbocycles. The molecule has 1 rings (SSSR count). The first-order valence-electron chi connectivity index (χ1n) is 5.72. The Labute approximate surface area is 114 Å². The summed E-state index contributed by atoms with van der Waals surface area (Å²) in [7, 11) is 0. The Morgan fingerprint density at radius 2 is 1.94 bits per heavy atom. The smallest absolute Gasteiger partial charge is 0.271 e. The number of hydrogen-bond donors (Lipinski definition) is 3. The largest absolute Gasteiger partial charge is 0.349 e. The van der Waals surface area contributed by atoms with Crippen LogP contribution in [0.3, 0.4) is 0 Å². The lowest BCUT2D eigenvalue weighted by Crippen LogP contribution is -2.45. The van der Waals surface area contributed by atoms with Crippen LogP contribution in [0.5, 0.6) is 0 Å². The summed E-state index contributed by atoms with van der Waals surface area (Å²) in [6.07, 6.45) is 0. The molecule has 104 valence electrons. The number of rotatable bonds is 3. The summed E-state index contributed by atoms with van der Waals surface area (Å²) in [5.41, 5.74) is 6.67. The van der Waals surface area contributed by atoms with E-state index in [0.29, 0.717) is 12.2 Å². The van der Waals surface area contributed by atoms with Gasteiger partial charge < -0.3 is 11.1 Å². The van der Waals surface area contributed by atoms with Crippen LogP contribution < -0.4 is 11.1 Å². The Balaban J connectivity index is 0.00000289. The van der Waals surface area contributed by atoms with Crippen LogP contribution in [0.1, 0.15) is 50.8 Å². The number of nitrogens with one attached hydrogen (secondary N) is 2. The van der Waals surface area contributed by atoms with Crippen molar-refractivity contribution in [1.82, 2.24) is 15.5 Å². The molecule has 0 saturated heterocycles. The second-order valence-electron chi connectivity index (χ2n) is 6.09. The van der Waals surface area contributed by atoms with E-state index in [2.05, 4.69) is 36.3 Å². The molecule has 0 spiro atoms. The second kappa shape index (κ2) is 5.71. The van der Waals surface area contributed by atoms with Crippen LogP contribution in [0.25, 0.3) is 0 Å². The van der Waals surface area contributed by atoms with E-state index in [1.807, 2.05) is 13.8 Å². The van der Waals surface area contributed by atoms with Gasteiger partial charge in [-0.15, -0.1) is 12.4 Å². The molecule has 5 nitrogen and oxygen atoms in total. The number of nitrogens with zero attached hydrogens (tertiary/aromatic N) is 1. The first-order chi connectivity index (χ1) is 7.59. The monoisotopic (exact) mass is 274 g/mol. The number of hydrogen-bond acceptors (Lipinski definition) is 3. The number of halogens is 1. The number of carbonyl (C=O) groups excluding carboxylic acids is 1. The molecule has 0 bridgehead atoms. The third-order valence-corrected chi connectivity index (χ3v) is 2.32. The van der Waals surface area contributed by atoms with Gasteiger partial charge in [0.1, 0.15) is 5.69 Å². The van der Waals surface area contributed by atoms with Gasteiger partial charge in [0, 0.05) is 23.2 Å². The maximum absolute atomic E-state index is 11.8. The number of aromatic nitrogens is 2. The van der Waals surface area contributed by atoms with Crippen molar-refractivity contribution >= 4 is 18.3 Å². The molecule has 0 aliphatic heterocycles. The van der Waals surface area contributed by atoms with E-state index >= 15 is 0 Å². The van der Waals surface area contributed by atoms with Crippen LogP contribution in [0, 0.1) is 0 Å². The molecule has 18 heavy (non-hydrogen) atoms. The lowest BCUT2D eigenvalue weighted by molar-refractivity contribution is 0.0941. The van der Waals surface area contributed by atoms with E-state index < -0.39 is 5.54 Å². The van der Waals surface area contributed by atoms with Crippen molar-refractivity contribution in [2.75, 3.05) is 6.54 Å². The molecule has 0 fully saturated rings. The second-order valence-corrected chi connectivity index (χ2v) is 6.09. The van der Waals surface area contributed by atoms with Crippen molar-refractivity contribution in [1.29, 1.82) is 0 Å². The van der Waals surface area contributed by atoms with Crippen molar-refractivity contribution in [3.8, 4) is 0 Å². The topological polar surface area (TPSA) is 83.8 Å². The Morgan fingerprint density at radius 3 is 2.33 bits per heavy atom. The van der Waals surface area contributed by atoms with Gasteiger partial charge in [-0.2, -0.15) is 5.10 Å². The minimum absolute atomic E-state index is 0. The lowest BCUT2D eigenvalue weighted by atomic mass is 9.92. The van der Waals surface area contributed by atoms with E-state index in [-0.39, 0.29) is 23.7 Å². The normalized spacial score (nSPS) is 11.9. The van der Waals surface area contributed by atoms with E-state index in [1.54, 1.807) is 6.07 Å². The van der Waals surface area contributed by atoms with E-state index in [4.69, 9.17) is 5.73 Å². The van der Waals surface area contributed by atoms with E-state index in [0.717, 1.165) is 5.69 Å². The standard InChI is InChI=1S/C12H22N4O.ClH/c1-11(2,3)9-6-8(15-16-9)10(17)14-7-12(4,5)13;/h6H,7,13H2,1-5H3,(H,14,17)(H,15,16);1H. The molecule has 1 heterocycles. The van der Waals surface area contributed by atoms with Crippen LogP contribution >= 0.6 is 12.4 Å². The molecule has 1 aromatic rings. The van der Waals surface area contributed by atoms with Crippen molar-refractivity contribution in [3.05, 3.63) is 17.5 Å². The van der Waals surface area contributed by atoms with Crippen molar-refractivity contribution in [2.24, 2.45) is 5.73 Å². The number of amides is 1. The number of carbonyl (C=O) groups is 1. The quantitative estimate of drug-likeness (QED) is 0.783. The maximum Gasteiger partial charge on any atom is 0.271 e. The highest BCUT2D eigenvalue weighted by Gasteiger charge is 2.20. The molecule has 6 heteroatoms. The Kier molecular flexibility index (Phi) is 5.37. The minimum atomic E-state index is -0.418. The summed E-state index contributed by atoms with van der Waals surface area (Å²) < 4.78 is 0. The highest BCUT2D eigenvalue weighted by Crippen LogP contribution is 2.20. The highest BCUT2D eigenvalue weighted by atomic mass is 35.5. The van der Waals surface area contributed by atoms with Crippen LogP contribution in [0.4, 0.5) is 0 Å². The summed E-state index contributed by atoms with van der Waals surface area (Å²) in [4.78, 5) is 11.8. The van der Waals surface area contributed by atoms with Gasteiger partial charge in [0.2, 0.25) is 0 Å². The van der Waals surface area contributed by atoms with Crippen molar-refractivity contribution in [2.45, 2.75) is 45.6 Å². The van der Waals surface area contributed by atoms with Gasteiger partial charge in [0.15, 0.2) is 0 Å². The van der Waals surface area contributed by atoms with Crippen molar-refractivity contribution in [3.63, 3.8) is 0 Å². The Bertz CT molecular complexity index is 401. The number of nitrogens with two attached hydrogens (primary N) is 1. The molecular weight excluding hydrogens is 252 g/mol. The van der Waals surface area contributed by atoms with Gasteiger partial charge in [0.25, 0.3) is 5.91 Å². The molecule has 0 aliphatic rings. The summed E-state index contributed by atoms with van der Waals surface area (Å²) in [5, 5.41) is 9.64. The lowest BCUT2D eigenvalue weighted by Gasteiger charge is -2.18. The summed E-state index contributed by atoms with van der Waals surface area (Å²) in [6.45, 7) is 10.3. The molecule has 4 N–H and O–H groups in total. The average molecular weight is 275 g/mol. The van der Waals surface area contributed by atoms with Gasteiger partial charge >= 0.3 is 0 Å². The number of aromatic amines is 1. The number of H-pyrrole nitrogens is 1. The predicted molar refractivity (Wildman–Crippen MR) is 75.1 cm³/mol. The third-order valence-electron chi connectivity index (χ3n) is 2.32. The summed E-state index contributed by atoms with van der Waals surface area (Å²) >= 11 is 0. The van der Waals surface area contributed by atoms with Crippen molar-refractivity contribution < 1.29 is 4.79 Å². The van der Waals surface area contributed by atoms with Gasteiger partial charge in [-0.05, 0) is 19.9 Å². The van der Waals surface area contributed by atoms with Crippen LogP contribution in [-0.2, 0) is 5.41 Å². The fourth-order valence-corrected chi connectivity index (χ4v) is 1.22. The fourth-order valence-electron chi connectivity index (χ4n) is 1.22. The van der Waals surface area contributed by atoms with Gasteiger partial charge in [-0.1, -0.05) is 20.8 Å². The molecule has 0 aliphatic carbocycles. The average Bonchev–Trinajstić information content (AvgIpc) is 2.60. The highest BCUT2D eigenvalue weighted by molar-refractivity contribution is 5.92. The maximum atomic E-state index is 11.8.